The molecule has 0 spiro atoms. The molecule has 7 heteroatoms. The van der Waals surface area contributed by atoms with Gasteiger partial charge in [-0.15, -0.1) is 0 Å². The van der Waals surface area contributed by atoms with Gasteiger partial charge in [-0.05, 0) is 31.2 Å². The number of aliphatic hydroxyl groups excluding tert-OH is 1. The van der Waals surface area contributed by atoms with Crippen molar-refractivity contribution in [3.8, 4) is 0 Å². The monoisotopic (exact) mass is 288 g/mol. The number of amides is 1. The van der Waals surface area contributed by atoms with Crippen LogP contribution >= 0.6 is 0 Å². The van der Waals surface area contributed by atoms with Crippen molar-refractivity contribution in [2.45, 2.75) is 24.7 Å². The van der Waals surface area contributed by atoms with Crippen LogP contribution < -0.4 is 10.6 Å². The van der Waals surface area contributed by atoms with E-state index in [0.717, 1.165) is 12.1 Å². The van der Waals surface area contributed by atoms with E-state index in [4.69, 9.17) is 0 Å². The third-order valence-corrected chi connectivity index (χ3v) is 3.22. The van der Waals surface area contributed by atoms with Gasteiger partial charge < -0.3 is 15.7 Å². The fraction of sp³-hybridized carbons (Fsp3) is 0.462. The Hall–Kier alpha value is -1.60. The largest absolute Gasteiger partial charge is 0.416 e. The van der Waals surface area contributed by atoms with E-state index in [1.165, 1.54) is 12.1 Å². The zero-order valence-electron chi connectivity index (χ0n) is 10.6. The minimum absolute atomic E-state index is 0.0643. The molecular formula is C13H15F3N2O2. The number of piperidine rings is 1. The van der Waals surface area contributed by atoms with E-state index in [0.29, 0.717) is 19.5 Å². The Kier molecular flexibility index (Phi) is 4.29. The highest BCUT2D eigenvalue weighted by Crippen LogP contribution is 2.29. The number of nitrogens with one attached hydrogen (secondary N) is 2. The summed E-state index contributed by atoms with van der Waals surface area (Å²) < 4.78 is 37.7. The molecule has 0 bridgehead atoms. The molecule has 20 heavy (non-hydrogen) atoms. The summed E-state index contributed by atoms with van der Waals surface area (Å²) in [6.45, 7) is 0.998. The zero-order chi connectivity index (χ0) is 14.8. The van der Waals surface area contributed by atoms with E-state index in [9.17, 15) is 23.1 Å². The number of β-amino-alcohol motifs (C(OH)–C–C–N with tert-alkyl or cyclic N) is 1. The Morgan fingerprint density at radius 3 is 2.80 bits per heavy atom. The summed E-state index contributed by atoms with van der Waals surface area (Å²) in [7, 11) is 0. The van der Waals surface area contributed by atoms with Crippen molar-refractivity contribution >= 4 is 5.91 Å². The lowest BCUT2D eigenvalue weighted by Crippen LogP contribution is -2.52. The second-order valence-corrected chi connectivity index (χ2v) is 4.72. The average molecular weight is 288 g/mol. The van der Waals surface area contributed by atoms with Gasteiger partial charge >= 0.3 is 6.18 Å². The average Bonchev–Trinajstić information content (AvgIpc) is 2.40. The Balaban J connectivity index is 2.09. The van der Waals surface area contributed by atoms with Crippen molar-refractivity contribution in [1.29, 1.82) is 0 Å². The van der Waals surface area contributed by atoms with Gasteiger partial charge in [-0.3, -0.25) is 4.79 Å². The normalized spacial score (nSPS) is 23.4. The lowest BCUT2D eigenvalue weighted by Gasteiger charge is -2.29. The van der Waals surface area contributed by atoms with Crippen LogP contribution in [0.2, 0.25) is 0 Å². The highest BCUT2D eigenvalue weighted by Gasteiger charge is 2.31. The molecule has 1 heterocycles. The van der Waals surface area contributed by atoms with Gasteiger partial charge in [0.25, 0.3) is 5.91 Å². The Labute approximate surface area is 114 Å². The molecule has 2 unspecified atom stereocenters. The van der Waals surface area contributed by atoms with Crippen LogP contribution in [-0.2, 0) is 6.18 Å². The zero-order valence-corrected chi connectivity index (χ0v) is 10.6. The number of alkyl halides is 3. The number of aliphatic hydroxyl groups is 1. The van der Waals surface area contributed by atoms with Gasteiger partial charge in [0, 0.05) is 12.1 Å². The first-order valence-electron chi connectivity index (χ1n) is 6.25. The minimum Gasteiger partial charge on any atom is -0.390 e. The van der Waals surface area contributed by atoms with Crippen molar-refractivity contribution < 1.29 is 23.1 Å². The molecule has 1 amide bonds. The Morgan fingerprint density at radius 1 is 1.40 bits per heavy atom. The molecule has 0 radical (unpaired) electrons. The fourth-order valence-electron chi connectivity index (χ4n) is 2.10. The lowest BCUT2D eigenvalue weighted by molar-refractivity contribution is -0.137. The number of hydrogen-bond acceptors (Lipinski definition) is 3. The maximum atomic E-state index is 12.6. The number of carbonyl (C=O) groups is 1. The molecule has 1 fully saturated rings. The highest BCUT2D eigenvalue weighted by molar-refractivity contribution is 5.94. The first-order chi connectivity index (χ1) is 9.38. The third kappa shape index (κ3) is 3.49. The number of hydrogen-bond donors (Lipinski definition) is 3. The number of halogens is 3. The number of rotatable bonds is 2. The maximum absolute atomic E-state index is 12.6. The van der Waals surface area contributed by atoms with E-state index >= 15 is 0 Å². The summed E-state index contributed by atoms with van der Waals surface area (Å²) in [6, 6.07) is 3.78. The molecule has 1 aromatic rings. The Bertz CT molecular complexity index is 491. The van der Waals surface area contributed by atoms with Gasteiger partial charge in [0.2, 0.25) is 0 Å². The van der Waals surface area contributed by atoms with Crippen molar-refractivity contribution in [1.82, 2.24) is 10.6 Å². The van der Waals surface area contributed by atoms with Crippen molar-refractivity contribution in [2.24, 2.45) is 0 Å². The van der Waals surface area contributed by atoms with Crippen LogP contribution in [0.4, 0.5) is 13.2 Å². The van der Waals surface area contributed by atoms with E-state index in [1.807, 2.05) is 0 Å². The lowest BCUT2D eigenvalue weighted by atomic mass is 10.0. The molecule has 110 valence electrons. The van der Waals surface area contributed by atoms with Gasteiger partial charge in [-0.25, -0.2) is 0 Å². The van der Waals surface area contributed by atoms with Crippen LogP contribution in [0.3, 0.4) is 0 Å². The second-order valence-electron chi connectivity index (χ2n) is 4.72. The fourth-order valence-corrected chi connectivity index (χ4v) is 2.10. The Morgan fingerprint density at radius 2 is 2.15 bits per heavy atom. The van der Waals surface area contributed by atoms with Crippen LogP contribution in [0.1, 0.15) is 22.3 Å². The van der Waals surface area contributed by atoms with E-state index in [-0.39, 0.29) is 5.56 Å². The summed E-state index contributed by atoms with van der Waals surface area (Å²) in [6.07, 6.45) is -4.69. The molecule has 3 N–H and O–H groups in total. The maximum Gasteiger partial charge on any atom is 0.416 e. The predicted octanol–water partition coefficient (Wildman–Crippen LogP) is 1.16. The quantitative estimate of drug-likeness (QED) is 0.765. The van der Waals surface area contributed by atoms with Gasteiger partial charge in [0.1, 0.15) is 0 Å². The SMILES string of the molecule is O=C(NC1CCNCC1O)c1cccc(C(F)(F)F)c1. The molecule has 1 aliphatic heterocycles. The summed E-state index contributed by atoms with van der Waals surface area (Å²) in [4.78, 5) is 11.9. The van der Waals surface area contributed by atoms with Crippen molar-refractivity contribution in [2.75, 3.05) is 13.1 Å². The van der Waals surface area contributed by atoms with Crippen molar-refractivity contribution in [3.05, 3.63) is 35.4 Å². The van der Waals surface area contributed by atoms with Crippen LogP contribution in [0.25, 0.3) is 0 Å². The molecule has 4 nitrogen and oxygen atoms in total. The summed E-state index contributed by atoms with van der Waals surface area (Å²) in [5.41, 5.74) is -0.929. The van der Waals surface area contributed by atoms with Crippen LogP contribution in [-0.4, -0.2) is 36.2 Å². The molecular weight excluding hydrogens is 273 g/mol. The van der Waals surface area contributed by atoms with Crippen LogP contribution in [0.5, 0.6) is 0 Å². The third-order valence-electron chi connectivity index (χ3n) is 3.22. The molecule has 0 aromatic heterocycles. The second kappa shape index (κ2) is 5.80. The summed E-state index contributed by atoms with van der Waals surface area (Å²) >= 11 is 0. The molecule has 0 saturated carbocycles. The number of carbonyl (C=O) groups excluding carboxylic acids is 1. The van der Waals surface area contributed by atoms with Crippen LogP contribution in [0, 0.1) is 0 Å². The smallest absolute Gasteiger partial charge is 0.390 e. The van der Waals surface area contributed by atoms with E-state index in [1.54, 1.807) is 0 Å². The first-order valence-corrected chi connectivity index (χ1v) is 6.25. The summed E-state index contributed by atoms with van der Waals surface area (Å²) in [5.74, 6) is -0.609. The van der Waals surface area contributed by atoms with Gasteiger partial charge in [-0.1, -0.05) is 6.07 Å². The minimum atomic E-state index is -4.48. The molecule has 1 saturated heterocycles. The molecule has 1 aromatic carbocycles. The van der Waals surface area contributed by atoms with Gasteiger partial charge in [0.05, 0.1) is 17.7 Å². The predicted molar refractivity (Wildman–Crippen MR) is 66.2 cm³/mol. The standard InChI is InChI=1S/C13H15F3N2O2/c14-13(15,16)9-3-1-2-8(6-9)12(20)18-10-4-5-17-7-11(10)19/h1-3,6,10-11,17,19H,4-5,7H2,(H,18,20). The molecule has 2 rings (SSSR count). The molecule has 0 aliphatic carbocycles. The van der Waals surface area contributed by atoms with Crippen molar-refractivity contribution in [3.63, 3.8) is 0 Å². The molecule has 2 atom stereocenters. The van der Waals surface area contributed by atoms with E-state index < -0.39 is 29.8 Å². The van der Waals surface area contributed by atoms with E-state index in [2.05, 4.69) is 10.6 Å². The topological polar surface area (TPSA) is 61.4 Å². The van der Waals surface area contributed by atoms with Gasteiger partial charge in [0.15, 0.2) is 0 Å². The van der Waals surface area contributed by atoms with Gasteiger partial charge in [-0.2, -0.15) is 13.2 Å². The number of benzene rings is 1. The highest BCUT2D eigenvalue weighted by atomic mass is 19.4. The summed E-state index contributed by atoms with van der Waals surface area (Å²) in [5, 5.41) is 15.2. The molecule has 1 aliphatic rings. The first kappa shape index (κ1) is 14.8. The van der Waals surface area contributed by atoms with Crippen LogP contribution in [0.15, 0.2) is 24.3 Å².